The number of hydrogen-bond acceptors (Lipinski definition) is 5. The third kappa shape index (κ3) is 4.93. The Morgan fingerprint density at radius 3 is 2.65 bits per heavy atom. The number of anilines is 3. The summed E-state index contributed by atoms with van der Waals surface area (Å²) in [5.41, 5.74) is 3.66. The minimum atomic E-state index is 0.455. The maximum absolute atomic E-state index is 4.55. The van der Waals surface area contributed by atoms with Crippen LogP contribution in [0.5, 0.6) is 0 Å². The number of para-hydroxylation sites is 1. The molecule has 5 heteroatoms. The highest BCUT2D eigenvalue weighted by molar-refractivity contribution is 5.65. The molecule has 23 heavy (non-hydrogen) atoms. The Bertz CT molecular complexity index is 637. The van der Waals surface area contributed by atoms with E-state index >= 15 is 0 Å². The van der Waals surface area contributed by atoms with Gasteiger partial charge in [0.25, 0.3) is 0 Å². The highest BCUT2D eigenvalue weighted by atomic mass is 15.2. The summed E-state index contributed by atoms with van der Waals surface area (Å²) < 4.78 is 0. The minimum absolute atomic E-state index is 0.455. The van der Waals surface area contributed by atoms with Crippen molar-refractivity contribution in [1.82, 2.24) is 14.9 Å². The topological polar surface area (TPSA) is 53.1 Å². The van der Waals surface area contributed by atoms with E-state index in [2.05, 4.69) is 64.5 Å². The van der Waals surface area contributed by atoms with Crippen molar-refractivity contribution < 1.29 is 0 Å². The van der Waals surface area contributed by atoms with Crippen LogP contribution in [0.1, 0.15) is 30.9 Å². The fraction of sp³-hybridized carbons (Fsp3) is 0.444. The third-order valence-electron chi connectivity index (χ3n) is 3.68. The zero-order valence-corrected chi connectivity index (χ0v) is 14.7. The van der Waals surface area contributed by atoms with E-state index in [9.17, 15) is 0 Å². The van der Waals surface area contributed by atoms with Gasteiger partial charge in [-0.3, -0.25) is 0 Å². The molecular weight excluding hydrogens is 286 g/mol. The Hall–Kier alpha value is -2.14. The highest BCUT2D eigenvalue weighted by Crippen LogP contribution is 2.29. The molecule has 1 aromatic carbocycles. The molecular formula is C18H27N5. The Balaban J connectivity index is 2.15. The van der Waals surface area contributed by atoms with Crippen molar-refractivity contribution in [2.75, 3.05) is 37.8 Å². The molecule has 0 aliphatic heterocycles. The molecule has 0 amide bonds. The lowest BCUT2D eigenvalue weighted by Crippen LogP contribution is -2.21. The van der Waals surface area contributed by atoms with Gasteiger partial charge in [0.1, 0.15) is 5.82 Å². The zero-order chi connectivity index (χ0) is 16.8. The summed E-state index contributed by atoms with van der Waals surface area (Å²) in [5, 5.41) is 6.71. The Labute approximate surface area is 139 Å². The molecule has 1 heterocycles. The van der Waals surface area contributed by atoms with Crippen LogP contribution in [-0.4, -0.2) is 42.1 Å². The smallest absolute Gasteiger partial charge is 0.224 e. The molecule has 0 saturated heterocycles. The molecule has 1 aromatic heterocycles. The summed E-state index contributed by atoms with van der Waals surface area (Å²) >= 11 is 0. The van der Waals surface area contributed by atoms with Crippen LogP contribution in [0, 0.1) is 6.92 Å². The van der Waals surface area contributed by atoms with E-state index in [0.29, 0.717) is 11.9 Å². The second-order valence-electron chi connectivity index (χ2n) is 6.31. The minimum Gasteiger partial charge on any atom is -0.353 e. The largest absolute Gasteiger partial charge is 0.353 e. The van der Waals surface area contributed by atoms with Gasteiger partial charge >= 0.3 is 0 Å². The van der Waals surface area contributed by atoms with Crippen molar-refractivity contribution in [2.24, 2.45) is 0 Å². The number of aromatic nitrogens is 2. The average molecular weight is 313 g/mol. The average Bonchev–Trinajstić information content (AvgIpc) is 2.49. The van der Waals surface area contributed by atoms with E-state index in [-0.39, 0.29) is 0 Å². The number of hydrogen-bond donors (Lipinski definition) is 2. The number of benzene rings is 1. The van der Waals surface area contributed by atoms with Crippen LogP contribution in [0.4, 0.5) is 17.5 Å². The Morgan fingerprint density at radius 2 is 1.96 bits per heavy atom. The van der Waals surface area contributed by atoms with Crippen LogP contribution in [-0.2, 0) is 0 Å². The molecule has 5 nitrogen and oxygen atoms in total. The molecule has 0 bridgehead atoms. The van der Waals surface area contributed by atoms with Gasteiger partial charge < -0.3 is 15.5 Å². The summed E-state index contributed by atoms with van der Waals surface area (Å²) in [6.07, 6.45) is 1.78. The first-order valence-electron chi connectivity index (χ1n) is 8.05. The van der Waals surface area contributed by atoms with Crippen LogP contribution in [0.2, 0.25) is 0 Å². The molecule has 124 valence electrons. The first-order chi connectivity index (χ1) is 11.0. The van der Waals surface area contributed by atoms with Crippen LogP contribution < -0.4 is 10.6 Å². The van der Waals surface area contributed by atoms with Gasteiger partial charge in [-0.25, -0.2) is 4.98 Å². The number of aryl methyl sites for hydroxylation is 1. The number of rotatable bonds is 7. The van der Waals surface area contributed by atoms with E-state index in [1.807, 2.05) is 20.2 Å². The zero-order valence-electron chi connectivity index (χ0n) is 14.7. The maximum atomic E-state index is 4.55. The van der Waals surface area contributed by atoms with E-state index in [1.54, 1.807) is 6.20 Å². The molecule has 0 atom stereocenters. The van der Waals surface area contributed by atoms with Crippen molar-refractivity contribution in [2.45, 2.75) is 26.7 Å². The first kappa shape index (κ1) is 17.2. The van der Waals surface area contributed by atoms with Gasteiger partial charge in [0.15, 0.2) is 0 Å². The second kappa shape index (κ2) is 7.92. The van der Waals surface area contributed by atoms with E-state index in [1.165, 1.54) is 11.1 Å². The predicted molar refractivity (Wildman–Crippen MR) is 97.6 cm³/mol. The van der Waals surface area contributed by atoms with Gasteiger partial charge in [-0.1, -0.05) is 32.0 Å². The fourth-order valence-corrected chi connectivity index (χ4v) is 2.38. The first-order valence-corrected chi connectivity index (χ1v) is 8.05. The number of likely N-dealkylation sites (N-methyl/N-ethyl adjacent to an activating group) is 1. The van der Waals surface area contributed by atoms with Crippen LogP contribution in [0.25, 0.3) is 0 Å². The summed E-state index contributed by atoms with van der Waals surface area (Å²) in [6, 6.07) is 8.28. The van der Waals surface area contributed by atoms with Crippen LogP contribution >= 0.6 is 0 Å². The summed E-state index contributed by atoms with van der Waals surface area (Å²) in [4.78, 5) is 11.0. The molecule has 2 aromatic rings. The van der Waals surface area contributed by atoms with Gasteiger partial charge in [0.05, 0.1) is 0 Å². The van der Waals surface area contributed by atoms with Gasteiger partial charge in [0, 0.05) is 25.0 Å². The van der Waals surface area contributed by atoms with Crippen LogP contribution in [0.3, 0.4) is 0 Å². The lowest BCUT2D eigenvalue weighted by atomic mass is 9.98. The molecule has 2 rings (SSSR count). The molecule has 0 unspecified atom stereocenters. The van der Waals surface area contributed by atoms with Crippen molar-refractivity contribution in [1.29, 1.82) is 0 Å². The fourth-order valence-electron chi connectivity index (χ4n) is 2.38. The van der Waals surface area contributed by atoms with E-state index in [0.717, 1.165) is 24.6 Å². The lowest BCUT2D eigenvalue weighted by Gasteiger charge is -2.17. The molecule has 0 radical (unpaired) electrons. The summed E-state index contributed by atoms with van der Waals surface area (Å²) in [5.74, 6) is 1.91. The maximum Gasteiger partial charge on any atom is 0.224 e. The van der Waals surface area contributed by atoms with E-state index < -0.39 is 0 Å². The SMILES string of the molecule is Cc1cccc(C(C)C)c1Nc1ccnc(NCCN(C)C)n1. The standard InChI is InChI=1S/C18H27N5/c1-13(2)15-8-6-7-14(3)17(15)21-16-9-10-19-18(22-16)20-11-12-23(4)5/h6-10,13H,11-12H2,1-5H3,(H2,19,20,21,22). The molecule has 0 aliphatic carbocycles. The predicted octanol–water partition coefficient (Wildman–Crippen LogP) is 3.63. The molecule has 2 N–H and O–H groups in total. The monoisotopic (exact) mass is 313 g/mol. The summed E-state index contributed by atoms with van der Waals surface area (Å²) in [7, 11) is 4.10. The molecule has 0 saturated carbocycles. The quantitative estimate of drug-likeness (QED) is 0.817. The van der Waals surface area contributed by atoms with Crippen molar-refractivity contribution in [3.05, 3.63) is 41.6 Å². The van der Waals surface area contributed by atoms with E-state index in [4.69, 9.17) is 0 Å². The normalized spacial score (nSPS) is 11.1. The van der Waals surface area contributed by atoms with Crippen LogP contribution in [0.15, 0.2) is 30.5 Å². The molecule has 0 aliphatic rings. The van der Waals surface area contributed by atoms with Gasteiger partial charge in [0.2, 0.25) is 5.95 Å². The van der Waals surface area contributed by atoms with Gasteiger partial charge in [-0.2, -0.15) is 4.98 Å². The van der Waals surface area contributed by atoms with Crippen molar-refractivity contribution in [3.8, 4) is 0 Å². The number of nitrogens with zero attached hydrogens (tertiary/aromatic N) is 3. The summed E-state index contributed by atoms with van der Waals surface area (Å²) in [6.45, 7) is 8.28. The Kier molecular flexibility index (Phi) is 5.93. The van der Waals surface area contributed by atoms with Gasteiger partial charge in [-0.05, 0) is 44.1 Å². The second-order valence-corrected chi connectivity index (χ2v) is 6.31. The highest BCUT2D eigenvalue weighted by Gasteiger charge is 2.10. The lowest BCUT2D eigenvalue weighted by molar-refractivity contribution is 0.425. The van der Waals surface area contributed by atoms with Gasteiger partial charge in [-0.15, -0.1) is 0 Å². The van der Waals surface area contributed by atoms with Crippen molar-refractivity contribution in [3.63, 3.8) is 0 Å². The third-order valence-corrected chi connectivity index (χ3v) is 3.68. The Morgan fingerprint density at radius 1 is 1.17 bits per heavy atom. The molecule has 0 fully saturated rings. The molecule has 0 spiro atoms. The number of nitrogens with one attached hydrogen (secondary N) is 2. The van der Waals surface area contributed by atoms with Crippen molar-refractivity contribution >= 4 is 17.5 Å².